The minimum Gasteiger partial charge on any atom is -0.363 e. The monoisotopic (exact) mass is 339 g/mol. The summed E-state index contributed by atoms with van der Waals surface area (Å²) in [4.78, 5) is 12.4. The molecule has 1 amide bonds. The van der Waals surface area contributed by atoms with E-state index in [1.165, 1.54) is 5.56 Å². The number of amides is 1. The minimum atomic E-state index is -0.0478. The van der Waals surface area contributed by atoms with Gasteiger partial charge in [-0.1, -0.05) is 54.1 Å². The molecular weight excluding hydrogens is 322 g/mol. The first kappa shape index (κ1) is 15.2. The van der Waals surface area contributed by atoms with E-state index < -0.39 is 0 Å². The van der Waals surface area contributed by atoms with Crippen molar-refractivity contribution in [2.24, 2.45) is 5.92 Å². The number of nitrogens with zero attached hydrogens (tertiary/aromatic N) is 1. The smallest absolute Gasteiger partial charge is 0.264 e. The van der Waals surface area contributed by atoms with Crippen LogP contribution in [0.2, 0.25) is 5.02 Å². The minimum absolute atomic E-state index is 0.0146. The molecule has 4 nitrogen and oxygen atoms in total. The van der Waals surface area contributed by atoms with E-state index in [0.29, 0.717) is 10.9 Å². The number of rotatable bonds is 3. The third-order valence-electron chi connectivity index (χ3n) is 4.55. The fourth-order valence-corrected chi connectivity index (χ4v) is 3.45. The Bertz CT molecular complexity index is 773. The SMILES string of the molecule is O=C1C=C(c2ccc(Cl)cc2)NC2C(Cc3ccccc3)CNN12. The van der Waals surface area contributed by atoms with Gasteiger partial charge in [-0.05, 0) is 29.7 Å². The zero-order valence-electron chi connectivity index (χ0n) is 13.1. The number of hydrazine groups is 1. The predicted octanol–water partition coefficient (Wildman–Crippen LogP) is 2.82. The van der Waals surface area contributed by atoms with Gasteiger partial charge in [0, 0.05) is 29.3 Å². The summed E-state index contributed by atoms with van der Waals surface area (Å²) in [5.74, 6) is 0.298. The second kappa shape index (κ2) is 6.30. The lowest BCUT2D eigenvalue weighted by Crippen LogP contribution is -2.52. The number of halogens is 1. The van der Waals surface area contributed by atoms with Crippen LogP contribution in [0.5, 0.6) is 0 Å². The molecule has 2 aromatic carbocycles. The van der Waals surface area contributed by atoms with Crippen molar-refractivity contribution in [3.63, 3.8) is 0 Å². The third kappa shape index (κ3) is 2.90. The lowest BCUT2D eigenvalue weighted by molar-refractivity contribution is -0.131. The Morgan fingerprint density at radius 3 is 2.58 bits per heavy atom. The Morgan fingerprint density at radius 1 is 1.08 bits per heavy atom. The Labute approximate surface area is 146 Å². The third-order valence-corrected chi connectivity index (χ3v) is 4.81. The van der Waals surface area contributed by atoms with Gasteiger partial charge < -0.3 is 5.32 Å². The van der Waals surface area contributed by atoms with E-state index >= 15 is 0 Å². The van der Waals surface area contributed by atoms with Crippen LogP contribution in [-0.2, 0) is 11.2 Å². The van der Waals surface area contributed by atoms with E-state index in [1.807, 2.05) is 42.5 Å². The van der Waals surface area contributed by atoms with E-state index in [1.54, 1.807) is 11.1 Å². The molecule has 24 heavy (non-hydrogen) atoms. The molecule has 1 saturated heterocycles. The Morgan fingerprint density at radius 2 is 1.83 bits per heavy atom. The molecule has 2 unspecified atom stereocenters. The Hall–Kier alpha value is -2.30. The van der Waals surface area contributed by atoms with Crippen molar-refractivity contribution < 1.29 is 4.79 Å². The topological polar surface area (TPSA) is 44.4 Å². The highest BCUT2D eigenvalue weighted by molar-refractivity contribution is 6.30. The lowest BCUT2D eigenvalue weighted by atomic mass is 9.96. The summed E-state index contributed by atoms with van der Waals surface area (Å²) in [6.45, 7) is 0.778. The summed E-state index contributed by atoms with van der Waals surface area (Å²) in [6, 6.07) is 17.9. The van der Waals surface area contributed by atoms with E-state index in [-0.39, 0.29) is 12.1 Å². The van der Waals surface area contributed by atoms with Crippen molar-refractivity contribution in [2.45, 2.75) is 12.6 Å². The van der Waals surface area contributed by atoms with E-state index in [9.17, 15) is 4.79 Å². The van der Waals surface area contributed by atoms with Gasteiger partial charge in [-0.2, -0.15) is 0 Å². The second-order valence-corrected chi connectivity index (χ2v) is 6.61. The molecule has 2 aliphatic heterocycles. The highest BCUT2D eigenvalue weighted by atomic mass is 35.5. The molecule has 2 aliphatic rings. The normalized spacial score (nSPS) is 22.8. The van der Waals surface area contributed by atoms with Gasteiger partial charge >= 0.3 is 0 Å². The molecule has 122 valence electrons. The van der Waals surface area contributed by atoms with Gasteiger partial charge in [0.1, 0.15) is 6.17 Å². The average Bonchev–Trinajstić information content (AvgIpc) is 3.00. The van der Waals surface area contributed by atoms with Crippen molar-refractivity contribution in [1.82, 2.24) is 15.8 Å². The van der Waals surface area contributed by atoms with Crippen LogP contribution in [0.4, 0.5) is 0 Å². The van der Waals surface area contributed by atoms with Crippen LogP contribution in [0.15, 0.2) is 60.7 Å². The standard InChI is InChI=1S/C19H18ClN3O/c20-16-8-6-14(7-9-16)17-11-18(24)23-19(22-17)15(12-21-23)10-13-4-2-1-3-5-13/h1-9,11,15,19,21-22H,10,12H2. The maximum Gasteiger partial charge on any atom is 0.264 e. The molecule has 0 saturated carbocycles. The van der Waals surface area contributed by atoms with Gasteiger partial charge in [-0.15, -0.1) is 0 Å². The molecule has 2 heterocycles. The fraction of sp³-hybridized carbons (Fsp3) is 0.211. The van der Waals surface area contributed by atoms with E-state index in [2.05, 4.69) is 22.9 Å². The van der Waals surface area contributed by atoms with Crippen LogP contribution in [0.1, 0.15) is 11.1 Å². The summed E-state index contributed by atoms with van der Waals surface area (Å²) in [6.07, 6.45) is 2.51. The van der Waals surface area contributed by atoms with Crippen molar-refractivity contribution >= 4 is 23.2 Å². The zero-order chi connectivity index (χ0) is 16.5. The van der Waals surface area contributed by atoms with Crippen LogP contribution in [0, 0.1) is 5.92 Å². The summed E-state index contributed by atoms with van der Waals surface area (Å²) in [5, 5.41) is 5.90. The molecule has 0 spiro atoms. The quantitative estimate of drug-likeness (QED) is 0.903. The number of benzene rings is 2. The summed E-state index contributed by atoms with van der Waals surface area (Å²) in [7, 11) is 0. The maximum atomic E-state index is 12.4. The largest absolute Gasteiger partial charge is 0.363 e. The van der Waals surface area contributed by atoms with Gasteiger partial charge in [0.05, 0.1) is 0 Å². The first-order chi connectivity index (χ1) is 11.7. The lowest BCUT2D eigenvalue weighted by Gasteiger charge is -2.33. The number of carbonyl (C=O) groups is 1. The average molecular weight is 340 g/mol. The van der Waals surface area contributed by atoms with E-state index in [4.69, 9.17) is 11.6 Å². The van der Waals surface area contributed by atoms with Gasteiger partial charge in [0.2, 0.25) is 0 Å². The number of nitrogens with one attached hydrogen (secondary N) is 2. The molecule has 0 aromatic heterocycles. The molecule has 2 aromatic rings. The molecule has 1 fully saturated rings. The van der Waals surface area contributed by atoms with Crippen molar-refractivity contribution in [3.05, 3.63) is 76.8 Å². The van der Waals surface area contributed by atoms with Gasteiger partial charge in [0.25, 0.3) is 5.91 Å². The van der Waals surface area contributed by atoms with E-state index in [0.717, 1.165) is 24.2 Å². The van der Waals surface area contributed by atoms with Crippen LogP contribution in [-0.4, -0.2) is 23.6 Å². The highest BCUT2D eigenvalue weighted by Crippen LogP contribution is 2.27. The number of hydrogen-bond donors (Lipinski definition) is 2. The van der Waals surface area contributed by atoms with Gasteiger partial charge in [0.15, 0.2) is 0 Å². The number of fused-ring (bicyclic) bond motifs is 1. The molecule has 0 radical (unpaired) electrons. The first-order valence-electron chi connectivity index (χ1n) is 8.05. The van der Waals surface area contributed by atoms with Crippen molar-refractivity contribution in [2.75, 3.05) is 6.54 Å². The molecule has 4 rings (SSSR count). The van der Waals surface area contributed by atoms with Crippen LogP contribution < -0.4 is 10.7 Å². The molecule has 0 aliphatic carbocycles. The zero-order valence-corrected chi connectivity index (χ0v) is 13.8. The van der Waals surface area contributed by atoms with Crippen LogP contribution in [0.3, 0.4) is 0 Å². The van der Waals surface area contributed by atoms with Crippen LogP contribution in [0.25, 0.3) is 5.70 Å². The fourth-order valence-electron chi connectivity index (χ4n) is 3.32. The van der Waals surface area contributed by atoms with Crippen molar-refractivity contribution in [3.8, 4) is 0 Å². The molecular formula is C19H18ClN3O. The number of hydrogen-bond acceptors (Lipinski definition) is 3. The molecule has 0 bridgehead atoms. The maximum absolute atomic E-state index is 12.4. The number of carbonyl (C=O) groups excluding carboxylic acids is 1. The van der Waals surface area contributed by atoms with Crippen LogP contribution >= 0.6 is 11.6 Å². The summed E-state index contributed by atoms with van der Waals surface area (Å²) in [5.41, 5.74) is 6.31. The molecule has 5 heteroatoms. The molecule has 2 atom stereocenters. The predicted molar refractivity (Wildman–Crippen MR) is 94.8 cm³/mol. The second-order valence-electron chi connectivity index (χ2n) is 6.17. The highest BCUT2D eigenvalue weighted by Gasteiger charge is 2.39. The summed E-state index contributed by atoms with van der Waals surface area (Å²) >= 11 is 5.96. The molecule has 2 N–H and O–H groups in total. The Balaban J connectivity index is 1.56. The van der Waals surface area contributed by atoms with Crippen molar-refractivity contribution in [1.29, 1.82) is 0 Å². The van der Waals surface area contributed by atoms with Gasteiger partial charge in [-0.3, -0.25) is 9.80 Å². The Kier molecular flexibility index (Phi) is 4.00. The summed E-state index contributed by atoms with van der Waals surface area (Å²) < 4.78 is 0. The first-order valence-corrected chi connectivity index (χ1v) is 8.43. The van der Waals surface area contributed by atoms with Gasteiger partial charge in [-0.25, -0.2) is 5.43 Å².